The van der Waals surface area contributed by atoms with E-state index in [2.05, 4.69) is 38.0 Å². The molecule has 0 aromatic heterocycles. The summed E-state index contributed by atoms with van der Waals surface area (Å²) in [7, 11) is 8.43. The van der Waals surface area contributed by atoms with Crippen molar-refractivity contribution >= 4 is 24.8 Å². The predicted molar refractivity (Wildman–Crippen MR) is 56.2 cm³/mol. The molecule has 0 aromatic carbocycles. The van der Waals surface area contributed by atoms with Gasteiger partial charge >= 0.3 is 0 Å². The lowest BCUT2D eigenvalue weighted by Gasteiger charge is -2.12. The second-order valence-corrected chi connectivity index (χ2v) is 2.96. The second-order valence-electron chi connectivity index (χ2n) is 2.96. The van der Waals surface area contributed by atoms with E-state index in [0.29, 0.717) is 0 Å². The predicted octanol–water partition coefficient (Wildman–Crippen LogP) is 1.34. The molecule has 0 fully saturated rings. The van der Waals surface area contributed by atoms with Crippen LogP contribution in [0.4, 0.5) is 0 Å². The van der Waals surface area contributed by atoms with Gasteiger partial charge in [-0.25, -0.2) is 0 Å². The lowest BCUT2D eigenvalue weighted by Crippen LogP contribution is -2.20. The molecule has 11 heavy (non-hydrogen) atoms. The minimum absolute atomic E-state index is 0. The van der Waals surface area contributed by atoms with Crippen molar-refractivity contribution in [3.8, 4) is 0 Å². The average molecular weight is 203 g/mol. The van der Waals surface area contributed by atoms with Gasteiger partial charge in [-0.15, -0.1) is 24.8 Å². The Kier molecular flexibility index (Phi) is 16.8. The summed E-state index contributed by atoms with van der Waals surface area (Å²) in [6.07, 6.45) is 1.26. The molecule has 0 rings (SSSR count). The Morgan fingerprint density at radius 1 is 0.727 bits per heavy atom. The van der Waals surface area contributed by atoms with Crippen molar-refractivity contribution in [2.45, 2.75) is 6.42 Å². The molecule has 0 saturated carbocycles. The SMILES string of the molecule is CN(C)CCCN(C)C.Cl.Cl. The Hall–Kier alpha value is 0.500. The van der Waals surface area contributed by atoms with Gasteiger partial charge in [0.25, 0.3) is 0 Å². The van der Waals surface area contributed by atoms with Crippen LogP contribution < -0.4 is 0 Å². The highest BCUT2D eigenvalue weighted by Crippen LogP contribution is 1.84. The Labute approximate surface area is 82.8 Å². The van der Waals surface area contributed by atoms with Gasteiger partial charge in [0.2, 0.25) is 0 Å². The van der Waals surface area contributed by atoms with Crippen LogP contribution in [0.25, 0.3) is 0 Å². The molecule has 0 spiro atoms. The highest BCUT2D eigenvalue weighted by Gasteiger charge is 1.90. The maximum atomic E-state index is 2.21. The van der Waals surface area contributed by atoms with E-state index in [-0.39, 0.29) is 24.8 Å². The zero-order valence-electron chi connectivity index (χ0n) is 7.83. The van der Waals surface area contributed by atoms with Crippen LogP contribution in [0.15, 0.2) is 0 Å². The second kappa shape index (κ2) is 10.5. The third kappa shape index (κ3) is 18.0. The highest BCUT2D eigenvalue weighted by atomic mass is 35.5. The minimum Gasteiger partial charge on any atom is -0.309 e. The van der Waals surface area contributed by atoms with E-state index in [9.17, 15) is 0 Å². The first-order chi connectivity index (χ1) is 4.13. The number of halogens is 2. The normalized spacial score (nSPS) is 9.27. The third-order valence-corrected chi connectivity index (χ3v) is 1.21. The first kappa shape index (κ1) is 17.5. The van der Waals surface area contributed by atoms with Crippen LogP contribution in [-0.2, 0) is 0 Å². The molecule has 0 unspecified atom stereocenters. The molecule has 0 N–H and O–H groups in total. The van der Waals surface area contributed by atoms with Crippen molar-refractivity contribution in [1.29, 1.82) is 0 Å². The Morgan fingerprint density at radius 2 is 1.00 bits per heavy atom. The van der Waals surface area contributed by atoms with Crippen molar-refractivity contribution in [3.63, 3.8) is 0 Å². The summed E-state index contributed by atoms with van der Waals surface area (Å²) in [4.78, 5) is 4.42. The molecule has 0 amide bonds. The molecule has 0 aliphatic heterocycles. The molecule has 0 aliphatic carbocycles. The van der Waals surface area contributed by atoms with Crippen molar-refractivity contribution in [2.24, 2.45) is 0 Å². The fraction of sp³-hybridized carbons (Fsp3) is 1.00. The van der Waals surface area contributed by atoms with E-state index < -0.39 is 0 Å². The molecule has 2 nitrogen and oxygen atoms in total. The van der Waals surface area contributed by atoms with Gasteiger partial charge in [0.15, 0.2) is 0 Å². The number of nitrogens with zero attached hydrogens (tertiary/aromatic N) is 2. The van der Waals surface area contributed by atoms with Crippen LogP contribution in [0.3, 0.4) is 0 Å². The van der Waals surface area contributed by atoms with E-state index >= 15 is 0 Å². The maximum Gasteiger partial charge on any atom is -0.00126 e. The molecule has 0 heterocycles. The van der Waals surface area contributed by atoms with Gasteiger partial charge < -0.3 is 9.80 Å². The summed E-state index contributed by atoms with van der Waals surface area (Å²) >= 11 is 0. The summed E-state index contributed by atoms with van der Waals surface area (Å²) in [5.74, 6) is 0. The van der Waals surface area contributed by atoms with Gasteiger partial charge in [-0.2, -0.15) is 0 Å². The zero-order valence-corrected chi connectivity index (χ0v) is 9.47. The Morgan fingerprint density at radius 3 is 1.18 bits per heavy atom. The van der Waals surface area contributed by atoms with Crippen LogP contribution in [-0.4, -0.2) is 51.1 Å². The van der Waals surface area contributed by atoms with Gasteiger partial charge in [0, 0.05) is 0 Å². The molecule has 0 aliphatic rings. The first-order valence-electron chi connectivity index (χ1n) is 3.42. The molecule has 0 aromatic rings. The van der Waals surface area contributed by atoms with E-state index in [0.717, 1.165) is 0 Å². The smallest absolute Gasteiger partial charge is 0.00126 e. The minimum atomic E-state index is 0. The lowest BCUT2D eigenvalue weighted by atomic mass is 10.4. The van der Waals surface area contributed by atoms with Crippen molar-refractivity contribution in [3.05, 3.63) is 0 Å². The van der Waals surface area contributed by atoms with Crippen LogP contribution in [0.2, 0.25) is 0 Å². The number of hydrogen-bond donors (Lipinski definition) is 0. The largest absolute Gasteiger partial charge is 0.309 e. The topological polar surface area (TPSA) is 6.48 Å². The standard InChI is InChI=1S/C7H18N2.2ClH/c1-8(2)6-5-7-9(3)4;;/h5-7H2,1-4H3;2*1H. The third-order valence-electron chi connectivity index (χ3n) is 1.21. The molecule has 0 atom stereocenters. The number of rotatable bonds is 4. The maximum absolute atomic E-state index is 2.21. The first-order valence-corrected chi connectivity index (χ1v) is 3.42. The van der Waals surface area contributed by atoms with E-state index in [1.54, 1.807) is 0 Å². The molecular formula is C7H20Cl2N2. The highest BCUT2D eigenvalue weighted by molar-refractivity contribution is 5.85. The monoisotopic (exact) mass is 202 g/mol. The van der Waals surface area contributed by atoms with Gasteiger partial charge in [-0.05, 0) is 47.7 Å². The molecule has 0 bridgehead atoms. The van der Waals surface area contributed by atoms with E-state index in [1.165, 1.54) is 19.5 Å². The Balaban J connectivity index is -0.000000320. The van der Waals surface area contributed by atoms with Gasteiger partial charge in [0.05, 0.1) is 0 Å². The van der Waals surface area contributed by atoms with Crippen molar-refractivity contribution in [2.75, 3.05) is 41.3 Å². The fourth-order valence-electron chi connectivity index (χ4n) is 0.703. The lowest BCUT2D eigenvalue weighted by molar-refractivity contribution is 0.340. The van der Waals surface area contributed by atoms with Crippen LogP contribution in [0, 0.1) is 0 Å². The summed E-state index contributed by atoms with van der Waals surface area (Å²) in [5.41, 5.74) is 0. The van der Waals surface area contributed by atoms with E-state index in [1.807, 2.05) is 0 Å². The summed E-state index contributed by atoms with van der Waals surface area (Å²) in [6.45, 7) is 2.39. The fourth-order valence-corrected chi connectivity index (χ4v) is 0.703. The number of hydrogen-bond acceptors (Lipinski definition) is 2. The quantitative estimate of drug-likeness (QED) is 0.680. The summed E-state index contributed by atoms with van der Waals surface area (Å²) in [6, 6.07) is 0. The zero-order chi connectivity index (χ0) is 7.28. The van der Waals surface area contributed by atoms with Gasteiger partial charge in [-0.1, -0.05) is 0 Å². The van der Waals surface area contributed by atoms with Crippen molar-refractivity contribution < 1.29 is 0 Å². The van der Waals surface area contributed by atoms with Gasteiger partial charge in [0.1, 0.15) is 0 Å². The summed E-state index contributed by atoms with van der Waals surface area (Å²) < 4.78 is 0. The van der Waals surface area contributed by atoms with Crippen molar-refractivity contribution in [1.82, 2.24) is 9.80 Å². The Bertz CT molecular complexity index is 59.5. The van der Waals surface area contributed by atoms with Crippen LogP contribution in [0.1, 0.15) is 6.42 Å². The van der Waals surface area contributed by atoms with Crippen LogP contribution in [0.5, 0.6) is 0 Å². The molecule has 0 radical (unpaired) electrons. The summed E-state index contributed by atoms with van der Waals surface area (Å²) in [5, 5.41) is 0. The van der Waals surface area contributed by atoms with Gasteiger partial charge in [-0.3, -0.25) is 0 Å². The van der Waals surface area contributed by atoms with Crippen LogP contribution >= 0.6 is 24.8 Å². The molecule has 0 saturated heterocycles. The molecular weight excluding hydrogens is 183 g/mol. The molecule has 4 heteroatoms. The average Bonchev–Trinajstić information content (AvgIpc) is 1.63. The van der Waals surface area contributed by atoms with E-state index in [4.69, 9.17) is 0 Å². The molecule has 72 valence electrons.